The van der Waals surface area contributed by atoms with Crippen molar-refractivity contribution < 1.29 is 4.79 Å². The minimum atomic E-state index is -0.111. The summed E-state index contributed by atoms with van der Waals surface area (Å²) < 4.78 is 0. The lowest BCUT2D eigenvalue weighted by Gasteiger charge is -2.02. The van der Waals surface area contributed by atoms with Gasteiger partial charge in [-0.2, -0.15) is 0 Å². The molecule has 0 spiro atoms. The fourth-order valence-corrected chi connectivity index (χ4v) is 2.47. The van der Waals surface area contributed by atoms with Crippen LogP contribution in [0.5, 0.6) is 0 Å². The van der Waals surface area contributed by atoms with Crippen LogP contribution in [0.25, 0.3) is 0 Å². The minimum absolute atomic E-state index is 0.111. The average Bonchev–Trinajstić information content (AvgIpc) is 2.72. The molecule has 4 nitrogen and oxygen atoms in total. The third-order valence-corrected chi connectivity index (χ3v) is 3.48. The molecule has 1 aromatic carbocycles. The first-order valence-electron chi connectivity index (χ1n) is 5.78. The van der Waals surface area contributed by atoms with Crippen LogP contribution in [-0.4, -0.2) is 17.4 Å². The van der Waals surface area contributed by atoms with Gasteiger partial charge >= 0.3 is 0 Å². The number of amides is 1. The summed E-state index contributed by atoms with van der Waals surface area (Å²) in [4.78, 5) is 17.0. The number of benzene rings is 1. The van der Waals surface area contributed by atoms with E-state index in [1.165, 1.54) is 11.3 Å². The van der Waals surface area contributed by atoms with Crippen molar-refractivity contribution in [1.29, 1.82) is 0 Å². The molecule has 1 heterocycles. The van der Waals surface area contributed by atoms with Crippen LogP contribution in [0.15, 0.2) is 30.3 Å². The van der Waals surface area contributed by atoms with Crippen molar-refractivity contribution in [3.63, 3.8) is 0 Å². The van der Waals surface area contributed by atoms with Gasteiger partial charge in [-0.25, -0.2) is 4.98 Å². The second-order valence-corrected chi connectivity index (χ2v) is 4.78. The Morgan fingerprint density at radius 2 is 2.06 bits per heavy atom. The molecule has 2 rings (SSSR count). The number of aromatic nitrogens is 1. The van der Waals surface area contributed by atoms with E-state index in [2.05, 4.69) is 15.6 Å². The van der Waals surface area contributed by atoms with Gasteiger partial charge < -0.3 is 10.6 Å². The number of anilines is 2. The van der Waals surface area contributed by atoms with E-state index in [0.717, 1.165) is 23.1 Å². The SMILES string of the molecule is CCNc1nc(C)c(C(=O)Nc2ccccc2)s1. The van der Waals surface area contributed by atoms with E-state index in [-0.39, 0.29) is 5.91 Å². The van der Waals surface area contributed by atoms with Gasteiger partial charge in [0.2, 0.25) is 0 Å². The van der Waals surface area contributed by atoms with E-state index >= 15 is 0 Å². The molecule has 0 atom stereocenters. The fourth-order valence-electron chi connectivity index (χ4n) is 1.54. The smallest absolute Gasteiger partial charge is 0.267 e. The molecule has 18 heavy (non-hydrogen) atoms. The molecule has 0 unspecified atom stereocenters. The van der Waals surface area contributed by atoms with Crippen molar-refractivity contribution in [2.75, 3.05) is 17.2 Å². The first kappa shape index (κ1) is 12.6. The minimum Gasteiger partial charge on any atom is -0.362 e. The van der Waals surface area contributed by atoms with Crippen LogP contribution in [0.4, 0.5) is 10.8 Å². The predicted molar refractivity (Wildman–Crippen MR) is 75.4 cm³/mol. The second kappa shape index (κ2) is 5.64. The highest BCUT2D eigenvalue weighted by molar-refractivity contribution is 7.17. The second-order valence-electron chi connectivity index (χ2n) is 3.78. The zero-order valence-electron chi connectivity index (χ0n) is 10.4. The van der Waals surface area contributed by atoms with Crippen LogP contribution in [0.3, 0.4) is 0 Å². The average molecular weight is 261 g/mol. The summed E-state index contributed by atoms with van der Waals surface area (Å²) in [6, 6.07) is 9.41. The fraction of sp³-hybridized carbons (Fsp3) is 0.231. The molecule has 0 radical (unpaired) electrons. The molecule has 0 fully saturated rings. The first-order chi connectivity index (χ1) is 8.70. The van der Waals surface area contributed by atoms with E-state index in [1.807, 2.05) is 44.2 Å². The van der Waals surface area contributed by atoms with Gasteiger partial charge in [0.25, 0.3) is 5.91 Å². The Hall–Kier alpha value is -1.88. The van der Waals surface area contributed by atoms with Gasteiger partial charge in [0.1, 0.15) is 4.88 Å². The van der Waals surface area contributed by atoms with Crippen LogP contribution < -0.4 is 10.6 Å². The Kier molecular flexibility index (Phi) is 3.94. The maximum Gasteiger partial charge on any atom is 0.267 e. The quantitative estimate of drug-likeness (QED) is 0.889. The molecule has 0 aliphatic rings. The molecule has 1 amide bonds. The first-order valence-corrected chi connectivity index (χ1v) is 6.60. The van der Waals surface area contributed by atoms with E-state index in [9.17, 15) is 4.79 Å². The lowest BCUT2D eigenvalue weighted by molar-refractivity contribution is 0.103. The van der Waals surface area contributed by atoms with E-state index < -0.39 is 0 Å². The molecular formula is C13H15N3OS. The normalized spacial score (nSPS) is 10.1. The molecule has 0 saturated carbocycles. The number of hydrogen-bond donors (Lipinski definition) is 2. The van der Waals surface area contributed by atoms with E-state index in [0.29, 0.717) is 4.88 Å². The van der Waals surface area contributed by atoms with Gasteiger partial charge in [-0.1, -0.05) is 29.5 Å². The van der Waals surface area contributed by atoms with Gasteiger partial charge in [-0.3, -0.25) is 4.79 Å². The monoisotopic (exact) mass is 261 g/mol. The summed E-state index contributed by atoms with van der Waals surface area (Å²) in [5, 5.41) is 6.76. The number of hydrogen-bond acceptors (Lipinski definition) is 4. The molecule has 5 heteroatoms. The van der Waals surface area contributed by atoms with Crippen molar-refractivity contribution in [2.45, 2.75) is 13.8 Å². The van der Waals surface area contributed by atoms with Crippen molar-refractivity contribution in [2.24, 2.45) is 0 Å². The largest absolute Gasteiger partial charge is 0.362 e. The van der Waals surface area contributed by atoms with E-state index in [4.69, 9.17) is 0 Å². The van der Waals surface area contributed by atoms with Gasteiger partial charge in [0, 0.05) is 12.2 Å². The molecule has 2 N–H and O–H groups in total. The number of rotatable bonds is 4. The number of carbonyl (C=O) groups excluding carboxylic acids is 1. The number of para-hydroxylation sites is 1. The lowest BCUT2D eigenvalue weighted by Crippen LogP contribution is -2.11. The maximum atomic E-state index is 12.1. The summed E-state index contributed by atoms with van der Waals surface area (Å²) in [6.45, 7) is 4.64. The van der Waals surface area contributed by atoms with Gasteiger partial charge in [0.15, 0.2) is 5.13 Å². The van der Waals surface area contributed by atoms with Gasteiger partial charge in [-0.15, -0.1) is 0 Å². The molecule has 1 aromatic heterocycles. The Balaban J connectivity index is 2.14. The molecular weight excluding hydrogens is 246 g/mol. The van der Waals surface area contributed by atoms with Crippen molar-refractivity contribution >= 4 is 28.1 Å². The number of nitrogens with zero attached hydrogens (tertiary/aromatic N) is 1. The predicted octanol–water partition coefficient (Wildman–Crippen LogP) is 3.14. The Morgan fingerprint density at radius 3 is 2.72 bits per heavy atom. The summed E-state index contributed by atoms with van der Waals surface area (Å²) in [7, 11) is 0. The lowest BCUT2D eigenvalue weighted by atomic mass is 10.3. The number of carbonyl (C=O) groups is 1. The molecule has 94 valence electrons. The highest BCUT2D eigenvalue weighted by atomic mass is 32.1. The van der Waals surface area contributed by atoms with Crippen LogP contribution in [0, 0.1) is 6.92 Å². The third kappa shape index (κ3) is 2.87. The number of thiazole rings is 1. The third-order valence-electron chi connectivity index (χ3n) is 2.36. The highest BCUT2D eigenvalue weighted by Gasteiger charge is 2.14. The number of nitrogens with one attached hydrogen (secondary N) is 2. The van der Waals surface area contributed by atoms with Gasteiger partial charge in [0.05, 0.1) is 5.69 Å². The molecule has 0 bridgehead atoms. The Bertz CT molecular complexity index is 536. The molecule has 0 aliphatic heterocycles. The summed E-state index contributed by atoms with van der Waals surface area (Å²) in [6.07, 6.45) is 0. The summed E-state index contributed by atoms with van der Waals surface area (Å²) in [5.74, 6) is -0.111. The van der Waals surface area contributed by atoms with E-state index in [1.54, 1.807) is 0 Å². The van der Waals surface area contributed by atoms with Crippen molar-refractivity contribution in [3.05, 3.63) is 40.9 Å². The number of aryl methyl sites for hydroxylation is 1. The zero-order chi connectivity index (χ0) is 13.0. The van der Waals surface area contributed by atoms with Gasteiger partial charge in [-0.05, 0) is 26.0 Å². The Morgan fingerprint density at radius 1 is 1.33 bits per heavy atom. The van der Waals surface area contributed by atoms with Crippen LogP contribution in [0.1, 0.15) is 22.3 Å². The summed E-state index contributed by atoms with van der Waals surface area (Å²) >= 11 is 1.38. The van der Waals surface area contributed by atoms with Crippen LogP contribution in [0.2, 0.25) is 0 Å². The van der Waals surface area contributed by atoms with Crippen molar-refractivity contribution in [3.8, 4) is 0 Å². The van der Waals surface area contributed by atoms with Crippen LogP contribution in [-0.2, 0) is 0 Å². The molecule has 2 aromatic rings. The maximum absolute atomic E-state index is 12.1. The zero-order valence-corrected chi connectivity index (χ0v) is 11.2. The Labute approximate surface area is 110 Å². The molecule has 0 aliphatic carbocycles. The van der Waals surface area contributed by atoms with Crippen molar-refractivity contribution in [1.82, 2.24) is 4.98 Å². The topological polar surface area (TPSA) is 54.0 Å². The van der Waals surface area contributed by atoms with Crippen LogP contribution >= 0.6 is 11.3 Å². The summed E-state index contributed by atoms with van der Waals surface area (Å²) in [5.41, 5.74) is 1.55. The standard InChI is InChI=1S/C13H15N3OS/c1-3-14-13-15-9(2)11(18-13)12(17)16-10-7-5-4-6-8-10/h4-8H,3H2,1-2H3,(H,14,15)(H,16,17). The highest BCUT2D eigenvalue weighted by Crippen LogP contribution is 2.23. The molecule has 0 saturated heterocycles.